The van der Waals surface area contributed by atoms with E-state index in [1.165, 1.54) is 10.9 Å². The van der Waals surface area contributed by atoms with Gasteiger partial charge in [0.1, 0.15) is 5.82 Å². The van der Waals surface area contributed by atoms with Gasteiger partial charge < -0.3 is 0 Å². The molecule has 0 saturated heterocycles. The summed E-state index contributed by atoms with van der Waals surface area (Å²) in [5.41, 5.74) is 4.26. The lowest BCUT2D eigenvalue weighted by Crippen LogP contribution is -2.11. The minimum Gasteiger partial charge on any atom is -0.246 e. The summed E-state index contributed by atoms with van der Waals surface area (Å²) in [5.74, 6) is 2.11. The van der Waals surface area contributed by atoms with Crippen LogP contribution in [-0.4, -0.2) is 40.8 Å². The molecule has 0 amide bonds. The van der Waals surface area contributed by atoms with Crippen LogP contribution in [0, 0.1) is 0 Å². The predicted molar refractivity (Wildman–Crippen MR) is 116 cm³/mol. The lowest BCUT2D eigenvalue weighted by Gasteiger charge is -2.12. The van der Waals surface area contributed by atoms with Crippen molar-refractivity contribution in [1.82, 2.24) is 35.4 Å². The highest BCUT2D eigenvalue weighted by molar-refractivity contribution is 7.79. The highest BCUT2D eigenvalue weighted by Crippen LogP contribution is 2.30. The Hall–Kier alpha value is -3.26. The van der Waals surface area contributed by atoms with Gasteiger partial charge in [-0.1, -0.05) is 67.7 Å². The van der Waals surface area contributed by atoms with Crippen LogP contribution in [-0.2, 0) is 6.42 Å². The zero-order valence-corrected chi connectivity index (χ0v) is 17.1. The first-order valence-electron chi connectivity index (χ1n) is 9.52. The number of tetrazole rings is 1. The molecule has 0 spiro atoms. The standard InChI is InChI=1S/C21H21N7S/c1-3-14(2)28-20(22-19(13-29)25-28)12-15-8-10-16(11-9-15)17-6-4-5-7-18(17)21-23-26-27-24-21/h4-11,13-14H,3,12H2,1-2H3,(H,23,24,26,27). The molecule has 1 N–H and O–H groups in total. The Bertz CT molecular complexity index is 1100. The second kappa shape index (κ2) is 8.40. The Kier molecular flexibility index (Phi) is 5.53. The van der Waals surface area contributed by atoms with E-state index < -0.39 is 0 Å². The minimum atomic E-state index is 0.280. The van der Waals surface area contributed by atoms with Gasteiger partial charge in [0.25, 0.3) is 0 Å². The molecule has 0 aliphatic carbocycles. The van der Waals surface area contributed by atoms with Crippen molar-refractivity contribution in [2.45, 2.75) is 32.7 Å². The van der Waals surface area contributed by atoms with Crippen LogP contribution >= 0.6 is 12.2 Å². The maximum atomic E-state index is 5.02. The van der Waals surface area contributed by atoms with E-state index >= 15 is 0 Å². The molecule has 0 fully saturated rings. The molecule has 0 aliphatic heterocycles. The molecule has 1 atom stereocenters. The van der Waals surface area contributed by atoms with E-state index in [9.17, 15) is 0 Å². The van der Waals surface area contributed by atoms with Gasteiger partial charge in [-0.15, -0.1) is 10.2 Å². The zero-order chi connectivity index (χ0) is 20.2. The summed E-state index contributed by atoms with van der Waals surface area (Å²) in [7, 11) is 0. The summed E-state index contributed by atoms with van der Waals surface area (Å²) in [4.78, 5) is 4.59. The van der Waals surface area contributed by atoms with Crippen molar-refractivity contribution in [3.8, 4) is 22.5 Å². The van der Waals surface area contributed by atoms with E-state index in [2.05, 4.69) is 74.9 Å². The van der Waals surface area contributed by atoms with E-state index in [-0.39, 0.29) is 6.04 Å². The molecule has 1 unspecified atom stereocenters. The third-order valence-corrected chi connectivity index (χ3v) is 5.18. The molecule has 8 heteroatoms. The molecular weight excluding hydrogens is 382 g/mol. The smallest absolute Gasteiger partial charge is 0.205 e. The van der Waals surface area contributed by atoms with Gasteiger partial charge in [-0.25, -0.2) is 9.67 Å². The van der Waals surface area contributed by atoms with Crippen LogP contribution in [0.2, 0.25) is 0 Å². The van der Waals surface area contributed by atoms with Gasteiger partial charge in [0.2, 0.25) is 5.82 Å². The first kappa shape index (κ1) is 19.1. The lowest BCUT2D eigenvalue weighted by atomic mass is 9.98. The number of H-pyrrole nitrogens is 1. The van der Waals surface area contributed by atoms with Gasteiger partial charge >= 0.3 is 0 Å². The van der Waals surface area contributed by atoms with E-state index in [1.807, 2.05) is 22.9 Å². The van der Waals surface area contributed by atoms with Crippen LogP contribution in [0.4, 0.5) is 0 Å². The highest BCUT2D eigenvalue weighted by atomic mass is 32.1. The molecule has 7 nitrogen and oxygen atoms in total. The van der Waals surface area contributed by atoms with Crippen molar-refractivity contribution in [2.24, 2.45) is 0 Å². The number of nitrogens with zero attached hydrogens (tertiary/aromatic N) is 6. The number of nitrogens with one attached hydrogen (secondary N) is 1. The van der Waals surface area contributed by atoms with E-state index in [4.69, 9.17) is 12.2 Å². The van der Waals surface area contributed by atoms with E-state index in [0.29, 0.717) is 18.1 Å². The van der Waals surface area contributed by atoms with Crippen LogP contribution in [0.3, 0.4) is 0 Å². The van der Waals surface area contributed by atoms with Gasteiger partial charge in [-0.2, -0.15) is 10.3 Å². The second-order valence-corrected chi connectivity index (χ2v) is 7.10. The van der Waals surface area contributed by atoms with Gasteiger partial charge in [0, 0.05) is 17.4 Å². The SMILES string of the molecule is CCC(C)n1nc(C=S)nc1Cc1ccc(-c2ccccc2-c2nn[nH]n2)cc1. The van der Waals surface area contributed by atoms with Gasteiger partial charge in [0.15, 0.2) is 5.82 Å². The maximum Gasteiger partial charge on any atom is 0.205 e. The van der Waals surface area contributed by atoms with Gasteiger partial charge in [-0.3, -0.25) is 0 Å². The number of benzene rings is 2. The molecule has 4 aromatic rings. The minimum absolute atomic E-state index is 0.280. The van der Waals surface area contributed by atoms with Crippen molar-refractivity contribution in [3.63, 3.8) is 0 Å². The van der Waals surface area contributed by atoms with Crippen LogP contribution < -0.4 is 0 Å². The van der Waals surface area contributed by atoms with Crippen molar-refractivity contribution in [1.29, 1.82) is 0 Å². The number of aromatic amines is 1. The number of rotatable bonds is 7. The number of hydrogen-bond acceptors (Lipinski definition) is 6. The average Bonchev–Trinajstić information content (AvgIpc) is 3.44. The monoisotopic (exact) mass is 403 g/mol. The molecule has 0 bridgehead atoms. The Morgan fingerprint density at radius 2 is 1.86 bits per heavy atom. The van der Waals surface area contributed by atoms with Crippen LogP contribution in [0.15, 0.2) is 48.5 Å². The van der Waals surface area contributed by atoms with Crippen molar-refractivity contribution in [2.75, 3.05) is 0 Å². The van der Waals surface area contributed by atoms with Crippen LogP contribution in [0.5, 0.6) is 0 Å². The Morgan fingerprint density at radius 3 is 2.52 bits per heavy atom. The fourth-order valence-corrected chi connectivity index (χ4v) is 3.36. The van der Waals surface area contributed by atoms with E-state index in [0.717, 1.165) is 28.9 Å². The topological polar surface area (TPSA) is 85.2 Å². The molecule has 146 valence electrons. The molecule has 29 heavy (non-hydrogen) atoms. The first-order valence-corrected chi connectivity index (χ1v) is 9.99. The summed E-state index contributed by atoms with van der Waals surface area (Å²) in [6, 6.07) is 16.8. The fraction of sp³-hybridized carbons (Fsp3) is 0.238. The first-order chi connectivity index (χ1) is 14.2. The molecule has 4 rings (SSSR count). The van der Waals surface area contributed by atoms with Crippen LogP contribution in [0.1, 0.15) is 43.5 Å². The fourth-order valence-electron chi connectivity index (χ4n) is 3.26. The summed E-state index contributed by atoms with van der Waals surface area (Å²) < 4.78 is 1.98. The van der Waals surface area contributed by atoms with Crippen molar-refractivity contribution >= 4 is 17.6 Å². The lowest BCUT2D eigenvalue weighted by molar-refractivity contribution is 0.460. The third kappa shape index (κ3) is 3.97. The summed E-state index contributed by atoms with van der Waals surface area (Å²) >= 11 is 5.02. The quantitative estimate of drug-likeness (QED) is 0.469. The Labute approximate surface area is 174 Å². The van der Waals surface area contributed by atoms with Gasteiger partial charge in [0.05, 0.1) is 6.04 Å². The Morgan fingerprint density at radius 1 is 1.10 bits per heavy atom. The number of aromatic nitrogens is 7. The maximum absolute atomic E-state index is 5.02. The Balaban J connectivity index is 1.62. The predicted octanol–water partition coefficient (Wildman–Crippen LogP) is 4.03. The average molecular weight is 404 g/mol. The normalized spacial score (nSPS) is 12.1. The number of thiocarbonyl (C=S) groups is 1. The zero-order valence-electron chi connectivity index (χ0n) is 16.3. The molecule has 0 radical (unpaired) electrons. The number of hydrogen-bond donors (Lipinski definition) is 1. The summed E-state index contributed by atoms with van der Waals surface area (Å²) in [6.45, 7) is 4.28. The third-order valence-electron chi connectivity index (χ3n) is 4.97. The second-order valence-electron chi connectivity index (χ2n) is 6.86. The summed E-state index contributed by atoms with van der Waals surface area (Å²) in [6.07, 6.45) is 1.69. The van der Waals surface area contributed by atoms with Crippen molar-refractivity contribution in [3.05, 3.63) is 65.7 Å². The summed E-state index contributed by atoms with van der Waals surface area (Å²) in [5, 5.41) is 20.5. The van der Waals surface area contributed by atoms with E-state index in [1.54, 1.807) is 0 Å². The molecule has 0 saturated carbocycles. The van der Waals surface area contributed by atoms with Crippen molar-refractivity contribution < 1.29 is 0 Å². The molecule has 2 aromatic carbocycles. The van der Waals surface area contributed by atoms with Crippen LogP contribution in [0.25, 0.3) is 22.5 Å². The molecule has 0 aliphatic rings. The largest absolute Gasteiger partial charge is 0.246 e. The highest BCUT2D eigenvalue weighted by Gasteiger charge is 2.14. The molecular formula is C21H21N7S. The van der Waals surface area contributed by atoms with Gasteiger partial charge in [-0.05, 0) is 35.2 Å². The molecule has 2 heterocycles. The molecule has 2 aromatic heterocycles.